The summed E-state index contributed by atoms with van der Waals surface area (Å²) in [5.41, 5.74) is 8.41. The van der Waals surface area contributed by atoms with E-state index in [2.05, 4.69) is 180 Å². The van der Waals surface area contributed by atoms with Gasteiger partial charge in [-0.2, -0.15) is 0 Å². The summed E-state index contributed by atoms with van der Waals surface area (Å²) in [5.74, 6) is 0. The predicted molar refractivity (Wildman–Crippen MR) is 198 cm³/mol. The van der Waals surface area contributed by atoms with Crippen LogP contribution in [0.1, 0.15) is 6.92 Å². The Labute approximate surface area is 268 Å². The Kier molecular flexibility index (Phi) is 6.14. The smallest absolute Gasteiger partial charge is 0.0497 e. The molecule has 0 bridgehead atoms. The first-order valence-corrected chi connectivity index (χ1v) is 16.1. The van der Waals surface area contributed by atoms with Crippen molar-refractivity contribution in [1.82, 2.24) is 4.57 Å². The maximum atomic E-state index is 2.45. The number of anilines is 3. The van der Waals surface area contributed by atoms with E-state index in [9.17, 15) is 0 Å². The van der Waals surface area contributed by atoms with Crippen LogP contribution in [0.25, 0.3) is 65.3 Å². The molecule has 2 heteroatoms. The van der Waals surface area contributed by atoms with E-state index in [0.717, 1.165) is 23.6 Å². The molecule has 0 aliphatic carbocycles. The molecule has 0 saturated heterocycles. The number of rotatable bonds is 5. The van der Waals surface area contributed by atoms with Gasteiger partial charge >= 0.3 is 0 Å². The molecule has 0 amide bonds. The van der Waals surface area contributed by atoms with Crippen LogP contribution >= 0.6 is 0 Å². The molecule has 0 spiro atoms. The normalized spacial score (nSPS) is 11.7. The zero-order valence-corrected chi connectivity index (χ0v) is 25.7. The first-order chi connectivity index (χ1) is 22.8. The van der Waals surface area contributed by atoms with Gasteiger partial charge < -0.3 is 9.47 Å². The lowest BCUT2D eigenvalue weighted by molar-refractivity contribution is 0.827. The second-order valence-electron chi connectivity index (χ2n) is 12.0. The highest BCUT2D eigenvalue weighted by atomic mass is 15.1. The highest BCUT2D eigenvalue weighted by molar-refractivity contribution is 6.29. The number of nitrogens with zero attached hydrogens (tertiary/aromatic N) is 2. The van der Waals surface area contributed by atoms with Gasteiger partial charge in [0.2, 0.25) is 0 Å². The van der Waals surface area contributed by atoms with Crippen LogP contribution in [0.15, 0.2) is 164 Å². The van der Waals surface area contributed by atoms with Crippen molar-refractivity contribution >= 4 is 71.2 Å². The maximum Gasteiger partial charge on any atom is 0.0497 e. The molecule has 46 heavy (non-hydrogen) atoms. The standard InChI is InChI=1S/C44H32N2/c1-2-45-43-23-12-11-22-38(43)42-28-40-37-25-24-31(27-39(37)35-20-9-10-21-36(35)41(40)29-44(42)45)30-14-13-19-34(26-30)46(32-15-5-3-6-16-32)33-17-7-4-8-18-33/h3-29H,2H2,1H3. The Hall–Kier alpha value is -5.86. The third-order valence-electron chi connectivity index (χ3n) is 9.51. The van der Waals surface area contributed by atoms with Crippen molar-refractivity contribution in [1.29, 1.82) is 0 Å². The van der Waals surface area contributed by atoms with Crippen LogP contribution in [0.4, 0.5) is 17.1 Å². The Morgan fingerprint density at radius 3 is 1.61 bits per heavy atom. The lowest BCUT2D eigenvalue weighted by Crippen LogP contribution is -2.09. The van der Waals surface area contributed by atoms with E-state index in [0.29, 0.717) is 0 Å². The van der Waals surface area contributed by atoms with E-state index in [4.69, 9.17) is 0 Å². The van der Waals surface area contributed by atoms with Gasteiger partial charge in [-0.1, -0.05) is 103 Å². The summed E-state index contributed by atoms with van der Waals surface area (Å²) in [6.07, 6.45) is 0. The molecule has 218 valence electrons. The summed E-state index contributed by atoms with van der Waals surface area (Å²) in [7, 11) is 0. The predicted octanol–water partition coefficient (Wildman–Crippen LogP) is 12.4. The van der Waals surface area contributed by atoms with Crippen molar-refractivity contribution in [2.75, 3.05) is 4.90 Å². The monoisotopic (exact) mass is 588 g/mol. The van der Waals surface area contributed by atoms with Crippen LogP contribution in [-0.2, 0) is 6.54 Å². The highest BCUT2D eigenvalue weighted by Crippen LogP contribution is 2.42. The van der Waals surface area contributed by atoms with Gasteiger partial charge in [-0.25, -0.2) is 0 Å². The van der Waals surface area contributed by atoms with Crippen LogP contribution in [0.2, 0.25) is 0 Å². The molecule has 2 nitrogen and oxygen atoms in total. The van der Waals surface area contributed by atoms with E-state index in [-0.39, 0.29) is 0 Å². The molecule has 9 aromatic rings. The van der Waals surface area contributed by atoms with Crippen molar-refractivity contribution in [2.24, 2.45) is 0 Å². The molecule has 0 saturated carbocycles. The minimum atomic E-state index is 0.940. The summed E-state index contributed by atoms with van der Waals surface area (Å²) in [6, 6.07) is 59.7. The Morgan fingerprint density at radius 1 is 0.370 bits per heavy atom. The number of hydrogen-bond acceptors (Lipinski definition) is 1. The summed E-state index contributed by atoms with van der Waals surface area (Å²) in [5, 5.41) is 10.4. The lowest BCUT2D eigenvalue weighted by atomic mass is 9.91. The number of aromatic nitrogens is 1. The van der Waals surface area contributed by atoms with Crippen LogP contribution in [0.5, 0.6) is 0 Å². The Balaban J connectivity index is 1.27. The average Bonchev–Trinajstić information content (AvgIpc) is 3.44. The molecule has 0 unspecified atom stereocenters. The van der Waals surface area contributed by atoms with Crippen LogP contribution in [0, 0.1) is 0 Å². The SMILES string of the molecule is CCn1c2ccccc2c2cc3c4ccc(-c5cccc(N(c6ccccc6)c6ccccc6)c5)cc4c4ccccc4c3cc21. The largest absolute Gasteiger partial charge is 0.341 e. The van der Waals surface area contributed by atoms with Crippen LogP contribution < -0.4 is 4.90 Å². The minimum Gasteiger partial charge on any atom is -0.341 e. The molecule has 1 aromatic heterocycles. The number of fused-ring (bicyclic) bond motifs is 9. The van der Waals surface area contributed by atoms with Gasteiger partial charge in [0.25, 0.3) is 0 Å². The van der Waals surface area contributed by atoms with E-state index in [1.807, 2.05) is 0 Å². The van der Waals surface area contributed by atoms with Crippen LogP contribution in [0.3, 0.4) is 0 Å². The molecule has 8 aromatic carbocycles. The molecule has 0 atom stereocenters. The third-order valence-corrected chi connectivity index (χ3v) is 9.51. The Bertz CT molecular complexity index is 2520. The lowest BCUT2D eigenvalue weighted by Gasteiger charge is -2.26. The molecule has 0 radical (unpaired) electrons. The van der Waals surface area contributed by atoms with Crippen molar-refractivity contribution < 1.29 is 0 Å². The van der Waals surface area contributed by atoms with Gasteiger partial charge in [0.05, 0.1) is 0 Å². The third kappa shape index (κ3) is 4.11. The first-order valence-electron chi connectivity index (χ1n) is 16.1. The number of para-hydroxylation sites is 3. The average molecular weight is 589 g/mol. The summed E-state index contributed by atoms with van der Waals surface area (Å²) >= 11 is 0. The van der Waals surface area contributed by atoms with E-state index in [1.54, 1.807) is 0 Å². The maximum absolute atomic E-state index is 2.45. The van der Waals surface area contributed by atoms with Crippen molar-refractivity contribution in [3.8, 4) is 11.1 Å². The highest BCUT2D eigenvalue weighted by Gasteiger charge is 2.16. The molecule has 9 rings (SSSR count). The summed E-state index contributed by atoms with van der Waals surface area (Å²) in [6.45, 7) is 3.18. The van der Waals surface area contributed by atoms with Crippen LogP contribution in [-0.4, -0.2) is 4.57 Å². The fourth-order valence-corrected chi connectivity index (χ4v) is 7.44. The number of benzene rings is 8. The quantitative estimate of drug-likeness (QED) is 0.182. The second-order valence-corrected chi connectivity index (χ2v) is 12.0. The zero-order valence-electron chi connectivity index (χ0n) is 25.7. The molecular weight excluding hydrogens is 556 g/mol. The summed E-state index contributed by atoms with van der Waals surface area (Å²) in [4.78, 5) is 2.32. The van der Waals surface area contributed by atoms with E-state index in [1.165, 1.54) is 65.3 Å². The first kappa shape index (κ1) is 26.5. The van der Waals surface area contributed by atoms with Crippen molar-refractivity contribution in [3.63, 3.8) is 0 Å². The van der Waals surface area contributed by atoms with Gasteiger partial charge in [-0.05, 0) is 111 Å². The van der Waals surface area contributed by atoms with Crippen molar-refractivity contribution in [2.45, 2.75) is 13.5 Å². The number of aryl methyl sites for hydroxylation is 1. The topological polar surface area (TPSA) is 8.17 Å². The van der Waals surface area contributed by atoms with Gasteiger partial charge in [0.15, 0.2) is 0 Å². The second kappa shape index (κ2) is 10.6. The van der Waals surface area contributed by atoms with Crippen molar-refractivity contribution in [3.05, 3.63) is 164 Å². The van der Waals surface area contributed by atoms with Gasteiger partial charge in [0.1, 0.15) is 0 Å². The molecule has 0 N–H and O–H groups in total. The molecule has 0 fully saturated rings. The molecule has 0 aliphatic heterocycles. The molecular formula is C44H32N2. The molecule has 1 heterocycles. The molecule has 0 aliphatic rings. The fraction of sp³-hybridized carbons (Fsp3) is 0.0455. The minimum absolute atomic E-state index is 0.940. The van der Waals surface area contributed by atoms with Gasteiger partial charge in [-0.15, -0.1) is 0 Å². The fourth-order valence-electron chi connectivity index (χ4n) is 7.44. The van der Waals surface area contributed by atoms with E-state index < -0.39 is 0 Å². The van der Waals surface area contributed by atoms with E-state index >= 15 is 0 Å². The number of hydrogen-bond donors (Lipinski definition) is 0. The van der Waals surface area contributed by atoms with Gasteiger partial charge in [-0.3, -0.25) is 0 Å². The zero-order chi connectivity index (χ0) is 30.6. The Morgan fingerprint density at radius 2 is 0.913 bits per heavy atom. The van der Waals surface area contributed by atoms with Gasteiger partial charge in [0, 0.05) is 45.4 Å². The summed E-state index contributed by atoms with van der Waals surface area (Å²) < 4.78 is 2.45.